The molecule has 1 saturated heterocycles. The minimum atomic E-state index is -3.07. The van der Waals surface area contributed by atoms with Gasteiger partial charge < -0.3 is 5.32 Å². The summed E-state index contributed by atoms with van der Waals surface area (Å²) in [7, 11) is -3.07. The lowest BCUT2D eigenvalue weighted by atomic mass is 9.90. The number of nitrogens with one attached hydrogen (secondary N) is 1. The maximum absolute atomic E-state index is 12.4. The summed E-state index contributed by atoms with van der Waals surface area (Å²) < 4.78 is 24.9. The molecule has 98 valence electrons. The van der Waals surface area contributed by atoms with E-state index in [1.807, 2.05) is 18.2 Å². The number of hydrogen-bond donors (Lipinski definition) is 1. The first-order chi connectivity index (χ1) is 8.69. The highest BCUT2D eigenvalue weighted by Crippen LogP contribution is 2.38. The molecule has 4 heteroatoms. The molecule has 2 aliphatic rings. The van der Waals surface area contributed by atoms with Crippen LogP contribution in [0.5, 0.6) is 0 Å². The molecule has 0 radical (unpaired) electrons. The van der Waals surface area contributed by atoms with Crippen LogP contribution in [0.15, 0.2) is 29.2 Å². The average molecular weight is 265 g/mol. The second-order valence-electron chi connectivity index (χ2n) is 5.31. The Balaban J connectivity index is 1.99. The number of rotatable bonds is 3. The highest BCUT2D eigenvalue weighted by atomic mass is 32.2. The van der Waals surface area contributed by atoms with Gasteiger partial charge >= 0.3 is 0 Å². The lowest BCUT2D eigenvalue weighted by Gasteiger charge is -2.25. The Bertz CT molecular complexity index is 528. The van der Waals surface area contributed by atoms with E-state index in [1.54, 1.807) is 6.07 Å². The van der Waals surface area contributed by atoms with Gasteiger partial charge in [0.2, 0.25) is 0 Å². The molecule has 1 aliphatic heterocycles. The van der Waals surface area contributed by atoms with Crippen molar-refractivity contribution in [2.75, 3.05) is 13.1 Å². The van der Waals surface area contributed by atoms with E-state index in [1.165, 1.54) is 0 Å². The first kappa shape index (κ1) is 12.2. The Hall–Kier alpha value is -0.870. The molecule has 1 aromatic rings. The van der Waals surface area contributed by atoms with Crippen molar-refractivity contribution in [3.05, 3.63) is 29.8 Å². The molecule has 1 heterocycles. The maximum atomic E-state index is 12.4. The summed E-state index contributed by atoms with van der Waals surface area (Å²) in [5, 5.41) is 3.22. The third kappa shape index (κ3) is 2.19. The molecule has 0 bridgehead atoms. The SMILES string of the molecule is O=S(=O)(c1ccccc1C1CCNCC1)C1CC1. The topological polar surface area (TPSA) is 46.2 Å². The second-order valence-corrected chi connectivity index (χ2v) is 7.50. The van der Waals surface area contributed by atoms with Gasteiger partial charge in [-0.3, -0.25) is 0 Å². The molecule has 3 nitrogen and oxygen atoms in total. The second kappa shape index (κ2) is 4.67. The molecule has 1 aromatic carbocycles. The zero-order chi connectivity index (χ0) is 12.6. The van der Waals surface area contributed by atoms with Crippen molar-refractivity contribution in [2.45, 2.75) is 41.7 Å². The van der Waals surface area contributed by atoms with Gasteiger partial charge in [-0.2, -0.15) is 0 Å². The summed E-state index contributed by atoms with van der Waals surface area (Å²) in [4.78, 5) is 0.597. The number of sulfone groups is 1. The third-order valence-electron chi connectivity index (χ3n) is 3.97. The van der Waals surface area contributed by atoms with Gasteiger partial charge in [0.25, 0.3) is 0 Å². The molecular weight excluding hydrogens is 246 g/mol. The van der Waals surface area contributed by atoms with Crippen LogP contribution in [0, 0.1) is 0 Å². The van der Waals surface area contributed by atoms with E-state index in [0.717, 1.165) is 44.3 Å². The Morgan fingerprint density at radius 2 is 1.67 bits per heavy atom. The van der Waals surface area contributed by atoms with Crippen LogP contribution in [-0.2, 0) is 9.84 Å². The number of hydrogen-bond acceptors (Lipinski definition) is 3. The largest absolute Gasteiger partial charge is 0.317 e. The van der Waals surface area contributed by atoms with Crippen molar-refractivity contribution in [3.8, 4) is 0 Å². The molecule has 0 amide bonds. The van der Waals surface area contributed by atoms with Crippen LogP contribution in [0.4, 0.5) is 0 Å². The molecule has 1 aliphatic carbocycles. The minimum Gasteiger partial charge on any atom is -0.317 e. The predicted molar refractivity (Wildman–Crippen MR) is 71.5 cm³/mol. The van der Waals surface area contributed by atoms with Crippen molar-refractivity contribution in [2.24, 2.45) is 0 Å². The van der Waals surface area contributed by atoms with Gasteiger partial charge in [0.15, 0.2) is 9.84 Å². The van der Waals surface area contributed by atoms with Crippen LogP contribution in [0.2, 0.25) is 0 Å². The van der Waals surface area contributed by atoms with E-state index >= 15 is 0 Å². The lowest BCUT2D eigenvalue weighted by molar-refractivity contribution is 0.455. The Kier molecular flexibility index (Phi) is 3.16. The van der Waals surface area contributed by atoms with E-state index in [9.17, 15) is 8.42 Å². The van der Waals surface area contributed by atoms with Crippen LogP contribution in [0.3, 0.4) is 0 Å². The molecule has 0 atom stereocenters. The summed E-state index contributed by atoms with van der Waals surface area (Å²) in [6, 6.07) is 7.61. The molecule has 2 fully saturated rings. The van der Waals surface area contributed by atoms with E-state index in [2.05, 4.69) is 5.32 Å². The first-order valence-electron chi connectivity index (χ1n) is 6.73. The molecule has 1 saturated carbocycles. The predicted octanol–water partition coefficient (Wildman–Crippen LogP) is 2.09. The highest BCUT2D eigenvalue weighted by Gasteiger charge is 2.38. The summed E-state index contributed by atoms with van der Waals surface area (Å²) >= 11 is 0. The monoisotopic (exact) mass is 265 g/mol. The Morgan fingerprint density at radius 3 is 2.33 bits per heavy atom. The minimum absolute atomic E-state index is 0.111. The van der Waals surface area contributed by atoms with Crippen molar-refractivity contribution >= 4 is 9.84 Å². The number of piperidine rings is 1. The van der Waals surface area contributed by atoms with Crippen LogP contribution in [-0.4, -0.2) is 26.8 Å². The van der Waals surface area contributed by atoms with Gasteiger partial charge in [-0.05, 0) is 56.3 Å². The highest BCUT2D eigenvalue weighted by molar-refractivity contribution is 7.92. The van der Waals surface area contributed by atoms with Gasteiger partial charge in [0, 0.05) is 0 Å². The molecule has 0 aromatic heterocycles. The number of benzene rings is 1. The quantitative estimate of drug-likeness (QED) is 0.910. The Morgan fingerprint density at radius 1 is 1.00 bits per heavy atom. The fraction of sp³-hybridized carbons (Fsp3) is 0.571. The van der Waals surface area contributed by atoms with Crippen molar-refractivity contribution < 1.29 is 8.42 Å². The summed E-state index contributed by atoms with van der Waals surface area (Å²) in [5.41, 5.74) is 1.05. The molecule has 3 rings (SSSR count). The third-order valence-corrected chi connectivity index (χ3v) is 6.30. The lowest BCUT2D eigenvalue weighted by Crippen LogP contribution is -2.27. The van der Waals surface area contributed by atoms with Gasteiger partial charge in [0.1, 0.15) is 0 Å². The van der Waals surface area contributed by atoms with Crippen LogP contribution in [0.1, 0.15) is 37.2 Å². The van der Waals surface area contributed by atoms with Crippen LogP contribution < -0.4 is 5.32 Å². The van der Waals surface area contributed by atoms with Gasteiger partial charge in [-0.15, -0.1) is 0 Å². The zero-order valence-electron chi connectivity index (χ0n) is 10.4. The smallest absolute Gasteiger partial charge is 0.181 e. The fourth-order valence-electron chi connectivity index (χ4n) is 2.77. The zero-order valence-corrected chi connectivity index (χ0v) is 11.2. The molecule has 0 spiro atoms. The normalized spacial score (nSPS) is 22.0. The molecular formula is C14H19NO2S. The molecule has 1 N–H and O–H groups in total. The molecule has 18 heavy (non-hydrogen) atoms. The molecule has 0 unspecified atom stereocenters. The maximum Gasteiger partial charge on any atom is 0.181 e. The standard InChI is InChI=1S/C14H19NO2S/c16-18(17,12-5-6-12)14-4-2-1-3-13(14)11-7-9-15-10-8-11/h1-4,11-12,15H,5-10H2. The van der Waals surface area contributed by atoms with Crippen LogP contribution in [0.25, 0.3) is 0 Å². The van der Waals surface area contributed by atoms with Crippen LogP contribution >= 0.6 is 0 Å². The van der Waals surface area contributed by atoms with Gasteiger partial charge in [-0.1, -0.05) is 18.2 Å². The fourth-order valence-corrected chi connectivity index (χ4v) is 4.72. The van der Waals surface area contributed by atoms with E-state index in [4.69, 9.17) is 0 Å². The van der Waals surface area contributed by atoms with E-state index in [-0.39, 0.29) is 5.25 Å². The van der Waals surface area contributed by atoms with E-state index < -0.39 is 9.84 Å². The summed E-state index contributed by atoms with van der Waals surface area (Å²) in [6.45, 7) is 1.98. The van der Waals surface area contributed by atoms with E-state index in [0.29, 0.717) is 10.8 Å². The summed E-state index contributed by atoms with van der Waals surface area (Å²) in [5.74, 6) is 0.399. The van der Waals surface area contributed by atoms with Crippen molar-refractivity contribution in [1.82, 2.24) is 5.32 Å². The Labute approximate surface area is 109 Å². The van der Waals surface area contributed by atoms with Gasteiger partial charge in [0.05, 0.1) is 10.1 Å². The van der Waals surface area contributed by atoms with Gasteiger partial charge in [-0.25, -0.2) is 8.42 Å². The van der Waals surface area contributed by atoms with Crippen molar-refractivity contribution in [3.63, 3.8) is 0 Å². The van der Waals surface area contributed by atoms with Crippen molar-refractivity contribution in [1.29, 1.82) is 0 Å². The first-order valence-corrected chi connectivity index (χ1v) is 8.28. The summed E-state index contributed by atoms with van der Waals surface area (Å²) in [6.07, 6.45) is 3.75. The average Bonchev–Trinajstić information content (AvgIpc) is 3.24.